The third-order valence-electron chi connectivity index (χ3n) is 2.73. The van der Waals surface area contributed by atoms with Crippen LogP contribution in [0.2, 0.25) is 0 Å². The number of hydrogen-bond acceptors (Lipinski definition) is 3. The molecular weight excluding hydrogens is 261 g/mol. The third-order valence-corrected chi connectivity index (χ3v) is 2.73. The predicted octanol–water partition coefficient (Wildman–Crippen LogP) is 1.37. The Bertz CT molecular complexity index is 368. The van der Waals surface area contributed by atoms with Gasteiger partial charge in [0.2, 0.25) is 5.91 Å². The number of rotatable bonds is 3. The molecule has 1 aromatic rings. The van der Waals surface area contributed by atoms with Crippen molar-refractivity contribution in [2.75, 3.05) is 7.05 Å². The molecule has 1 aliphatic rings. The second-order valence-corrected chi connectivity index (χ2v) is 4.17. The molecule has 1 aliphatic carbocycles. The molecule has 1 saturated carbocycles. The lowest BCUT2D eigenvalue weighted by molar-refractivity contribution is -0.132. The Labute approximate surface area is 113 Å². The van der Waals surface area contributed by atoms with E-state index in [2.05, 4.69) is 4.98 Å². The quantitative estimate of drug-likeness (QED) is 0.908. The summed E-state index contributed by atoms with van der Waals surface area (Å²) in [5.74, 6) is 0.0410. The summed E-state index contributed by atoms with van der Waals surface area (Å²) in [6.45, 7) is 0.598. The molecule has 17 heavy (non-hydrogen) atoms. The molecule has 0 spiro atoms. The summed E-state index contributed by atoms with van der Waals surface area (Å²) in [4.78, 5) is 17.4. The van der Waals surface area contributed by atoms with Gasteiger partial charge in [-0.25, -0.2) is 0 Å². The van der Waals surface area contributed by atoms with Gasteiger partial charge in [-0.3, -0.25) is 9.78 Å². The number of nitrogens with two attached hydrogens (primary N) is 1. The molecule has 0 saturated heterocycles. The van der Waals surface area contributed by atoms with Gasteiger partial charge in [-0.1, -0.05) is 0 Å². The lowest BCUT2D eigenvalue weighted by Gasteiger charge is -2.20. The van der Waals surface area contributed by atoms with Crippen LogP contribution in [0.3, 0.4) is 0 Å². The lowest BCUT2D eigenvalue weighted by atomic mass is 10.2. The Morgan fingerprint density at radius 3 is 2.41 bits per heavy atom. The molecule has 0 aromatic carbocycles. The van der Waals surface area contributed by atoms with Crippen LogP contribution in [-0.2, 0) is 11.3 Å². The average molecular weight is 278 g/mol. The van der Waals surface area contributed by atoms with Crippen LogP contribution in [0.25, 0.3) is 0 Å². The molecule has 2 N–H and O–H groups in total. The number of aromatic nitrogens is 1. The maximum absolute atomic E-state index is 11.8. The van der Waals surface area contributed by atoms with E-state index in [1.807, 2.05) is 12.1 Å². The molecule has 6 heteroatoms. The Balaban J connectivity index is 0.00000128. The van der Waals surface area contributed by atoms with Crippen LogP contribution >= 0.6 is 24.8 Å². The number of halogens is 2. The van der Waals surface area contributed by atoms with Crippen molar-refractivity contribution in [1.82, 2.24) is 9.88 Å². The highest BCUT2D eigenvalue weighted by Gasteiger charge is 2.47. The van der Waals surface area contributed by atoms with Crippen LogP contribution in [0.1, 0.15) is 18.4 Å². The molecule has 1 heterocycles. The zero-order valence-corrected chi connectivity index (χ0v) is 11.3. The monoisotopic (exact) mass is 277 g/mol. The fraction of sp³-hybridized carbons (Fsp3) is 0.455. The van der Waals surface area contributed by atoms with Crippen LogP contribution in [0.5, 0.6) is 0 Å². The van der Waals surface area contributed by atoms with E-state index in [1.54, 1.807) is 24.3 Å². The first-order valence-corrected chi connectivity index (χ1v) is 5.05. The zero-order valence-electron chi connectivity index (χ0n) is 9.63. The van der Waals surface area contributed by atoms with E-state index in [1.165, 1.54) is 0 Å². The zero-order chi connectivity index (χ0) is 10.9. The molecule has 0 unspecified atom stereocenters. The summed E-state index contributed by atoms with van der Waals surface area (Å²) in [6, 6.07) is 3.81. The van der Waals surface area contributed by atoms with Crippen molar-refractivity contribution in [3.05, 3.63) is 30.1 Å². The van der Waals surface area contributed by atoms with E-state index in [-0.39, 0.29) is 30.7 Å². The fourth-order valence-electron chi connectivity index (χ4n) is 1.56. The van der Waals surface area contributed by atoms with Gasteiger partial charge in [-0.2, -0.15) is 0 Å². The van der Waals surface area contributed by atoms with Crippen molar-refractivity contribution in [1.29, 1.82) is 0 Å². The second-order valence-electron chi connectivity index (χ2n) is 4.17. The van der Waals surface area contributed by atoms with Gasteiger partial charge >= 0.3 is 0 Å². The Morgan fingerprint density at radius 2 is 1.94 bits per heavy atom. The molecule has 1 fully saturated rings. The van der Waals surface area contributed by atoms with Crippen LogP contribution in [-0.4, -0.2) is 28.4 Å². The first-order chi connectivity index (χ1) is 7.12. The number of nitrogens with zero attached hydrogens (tertiary/aromatic N) is 2. The normalized spacial score (nSPS) is 15.2. The number of carbonyl (C=O) groups excluding carboxylic acids is 1. The van der Waals surface area contributed by atoms with Gasteiger partial charge in [0.05, 0.1) is 5.54 Å². The maximum atomic E-state index is 11.8. The highest BCUT2D eigenvalue weighted by molar-refractivity contribution is 5.88. The fourth-order valence-corrected chi connectivity index (χ4v) is 1.56. The van der Waals surface area contributed by atoms with E-state index in [0.29, 0.717) is 6.54 Å². The van der Waals surface area contributed by atoms with Gasteiger partial charge in [0, 0.05) is 26.0 Å². The van der Waals surface area contributed by atoms with Gasteiger partial charge in [-0.15, -0.1) is 24.8 Å². The number of hydrogen-bond donors (Lipinski definition) is 1. The minimum atomic E-state index is -0.568. The van der Waals surface area contributed by atoms with Crippen LogP contribution in [0.15, 0.2) is 24.5 Å². The van der Waals surface area contributed by atoms with Gasteiger partial charge in [0.25, 0.3) is 0 Å². The van der Waals surface area contributed by atoms with Crippen LogP contribution < -0.4 is 5.73 Å². The molecule has 0 atom stereocenters. The summed E-state index contributed by atoms with van der Waals surface area (Å²) in [5, 5.41) is 0. The van der Waals surface area contributed by atoms with Gasteiger partial charge in [-0.05, 0) is 30.5 Å². The maximum Gasteiger partial charge on any atom is 0.242 e. The molecule has 1 amide bonds. The highest BCUT2D eigenvalue weighted by atomic mass is 35.5. The summed E-state index contributed by atoms with van der Waals surface area (Å²) >= 11 is 0. The first-order valence-electron chi connectivity index (χ1n) is 5.05. The van der Waals surface area contributed by atoms with Crippen LogP contribution in [0, 0.1) is 0 Å². The first kappa shape index (κ1) is 16.2. The minimum absolute atomic E-state index is 0. The molecular formula is C11H17Cl2N3O. The Hall–Kier alpha value is -0.840. The van der Waals surface area contributed by atoms with Crippen molar-refractivity contribution in [2.45, 2.75) is 24.9 Å². The lowest BCUT2D eigenvalue weighted by Crippen LogP contribution is -2.43. The standard InChI is InChI=1S/C11H15N3O.2ClH/c1-14(10(15)11(12)4-5-11)8-9-2-6-13-7-3-9;;/h2-3,6-7H,4-5,8,12H2,1H3;2*1H. The van der Waals surface area contributed by atoms with E-state index >= 15 is 0 Å². The molecule has 0 bridgehead atoms. The largest absolute Gasteiger partial charge is 0.340 e. The molecule has 0 aliphatic heterocycles. The van der Waals surface area contributed by atoms with Crippen LogP contribution in [0.4, 0.5) is 0 Å². The molecule has 0 radical (unpaired) electrons. The summed E-state index contributed by atoms with van der Waals surface area (Å²) in [6.07, 6.45) is 5.07. The van der Waals surface area contributed by atoms with Gasteiger partial charge in [0.1, 0.15) is 0 Å². The molecule has 2 rings (SSSR count). The highest BCUT2D eigenvalue weighted by Crippen LogP contribution is 2.34. The average Bonchev–Trinajstić information content (AvgIpc) is 2.98. The number of pyridine rings is 1. The molecule has 96 valence electrons. The van der Waals surface area contributed by atoms with Crippen molar-refractivity contribution in [3.63, 3.8) is 0 Å². The number of likely N-dealkylation sites (N-methyl/N-ethyl adjacent to an activating group) is 1. The van der Waals surface area contributed by atoms with Crippen molar-refractivity contribution >= 4 is 30.7 Å². The van der Waals surface area contributed by atoms with E-state index in [4.69, 9.17) is 5.73 Å². The molecule has 1 aromatic heterocycles. The SMILES string of the molecule is CN(Cc1ccncc1)C(=O)C1(N)CC1.Cl.Cl. The Kier molecular flexibility index (Phi) is 5.88. The Morgan fingerprint density at radius 1 is 1.41 bits per heavy atom. The summed E-state index contributed by atoms with van der Waals surface area (Å²) in [5.41, 5.74) is 6.35. The topological polar surface area (TPSA) is 59.2 Å². The van der Waals surface area contributed by atoms with Crippen molar-refractivity contribution in [2.24, 2.45) is 5.73 Å². The predicted molar refractivity (Wildman–Crippen MR) is 71.4 cm³/mol. The van der Waals surface area contributed by atoms with E-state index in [0.717, 1.165) is 18.4 Å². The number of amides is 1. The number of carbonyl (C=O) groups is 1. The molecule has 4 nitrogen and oxygen atoms in total. The summed E-state index contributed by atoms with van der Waals surface area (Å²) < 4.78 is 0. The van der Waals surface area contributed by atoms with Crippen molar-refractivity contribution < 1.29 is 4.79 Å². The third kappa shape index (κ3) is 3.84. The summed E-state index contributed by atoms with van der Waals surface area (Å²) in [7, 11) is 1.79. The van der Waals surface area contributed by atoms with Gasteiger partial charge in [0.15, 0.2) is 0 Å². The minimum Gasteiger partial charge on any atom is -0.340 e. The second kappa shape index (κ2) is 6.19. The smallest absolute Gasteiger partial charge is 0.242 e. The van der Waals surface area contributed by atoms with E-state index < -0.39 is 5.54 Å². The van der Waals surface area contributed by atoms with Crippen molar-refractivity contribution in [3.8, 4) is 0 Å². The van der Waals surface area contributed by atoms with E-state index in [9.17, 15) is 4.79 Å². The van der Waals surface area contributed by atoms with Gasteiger partial charge < -0.3 is 10.6 Å².